The van der Waals surface area contributed by atoms with Gasteiger partial charge in [0.05, 0.1) is 12.2 Å². The first-order valence-corrected chi connectivity index (χ1v) is 11.4. The van der Waals surface area contributed by atoms with Crippen molar-refractivity contribution in [2.45, 2.75) is 70.9 Å². The molecule has 2 aromatic carbocycles. The highest BCUT2D eigenvalue weighted by Gasteiger charge is 2.39. The first kappa shape index (κ1) is 24.1. The average Bonchev–Trinajstić information content (AvgIpc) is 2.74. The Bertz CT molecular complexity index is 911. The van der Waals surface area contributed by atoms with Crippen LogP contribution in [0, 0.1) is 5.92 Å². The number of halogens is 3. The summed E-state index contributed by atoms with van der Waals surface area (Å²) in [6.45, 7) is 3.75. The second kappa shape index (κ2) is 10.4. The molecule has 32 heavy (non-hydrogen) atoms. The molecule has 0 heterocycles. The van der Waals surface area contributed by atoms with E-state index in [0.717, 1.165) is 44.6 Å². The Morgan fingerprint density at radius 2 is 1.69 bits per heavy atom. The third-order valence-corrected chi connectivity index (χ3v) is 6.33. The van der Waals surface area contributed by atoms with E-state index in [1.807, 2.05) is 0 Å². The van der Waals surface area contributed by atoms with Crippen molar-refractivity contribution in [2.75, 3.05) is 6.61 Å². The zero-order valence-electron chi connectivity index (χ0n) is 18.7. The largest absolute Gasteiger partial charge is 0.506 e. The Morgan fingerprint density at radius 3 is 2.25 bits per heavy atom. The molecule has 1 saturated carbocycles. The van der Waals surface area contributed by atoms with Crippen molar-refractivity contribution in [2.24, 2.45) is 5.92 Å². The van der Waals surface area contributed by atoms with Crippen LogP contribution in [0.15, 0.2) is 36.4 Å². The summed E-state index contributed by atoms with van der Waals surface area (Å²) in [4.78, 5) is 12.8. The van der Waals surface area contributed by atoms with Gasteiger partial charge in [-0.15, -0.1) is 0 Å². The highest BCUT2D eigenvalue weighted by atomic mass is 19.4. The average molecular weight is 449 g/mol. The minimum absolute atomic E-state index is 0.0282. The van der Waals surface area contributed by atoms with Crippen molar-refractivity contribution in [3.63, 3.8) is 0 Å². The van der Waals surface area contributed by atoms with E-state index in [-0.39, 0.29) is 24.5 Å². The number of Topliss-reactive ketones (excluding diaryl/α,β-unsaturated/α-hetero) is 1. The van der Waals surface area contributed by atoms with Crippen molar-refractivity contribution in [1.82, 2.24) is 0 Å². The minimum atomic E-state index is -4.81. The number of benzene rings is 2. The molecule has 0 saturated heterocycles. The van der Waals surface area contributed by atoms with Crippen LogP contribution < -0.4 is 4.74 Å². The number of phenols is 1. The van der Waals surface area contributed by atoms with Gasteiger partial charge in [-0.05, 0) is 74.1 Å². The normalized spacial score (nSPS) is 19.0. The third kappa shape index (κ3) is 5.64. The molecule has 0 aromatic heterocycles. The molecular weight excluding hydrogens is 417 g/mol. The van der Waals surface area contributed by atoms with Crippen LogP contribution in [0.2, 0.25) is 0 Å². The lowest BCUT2D eigenvalue weighted by Gasteiger charge is -2.28. The molecule has 3 rings (SSSR count). The van der Waals surface area contributed by atoms with Gasteiger partial charge in [-0.25, -0.2) is 0 Å². The monoisotopic (exact) mass is 448 g/mol. The smallest absolute Gasteiger partial charge is 0.423 e. The Labute approximate surface area is 187 Å². The molecule has 3 nitrogen and oxygen atoms in total. The summed E-state index contributed by atoms with van der Waals surface area (Å²) in [6, 6.07) is 11.1. The van der Waals surface area contributed by atoms with E-state index in [1.54, 1.807) is 6.92 Å². The maximum absolute atomic E-state index is 13.5. The lowest BCUT2D eigenvalue weighted by Crippen LogP contribution is -2.18. The zero-order valence-corrected chi connectivity index (χ0v) is 18.7. The first-order chi connectivity index (χ1) is 15.2. The zero-order chi connectivity index (χ0) is 23.3. The third-order valence-electron chi connectivity index (χ3n) is 6.33. The van der Waals surface area contributed by atoms with E-state index in [4.69, 9.17) is 4.74 Å². The van der Waals surface area contributed by atoms with Crippen LogP contribution in [0.4, 0.5) is 13.2 Å². The second-order valence-corrected chi connectivity index (χ2v) is 8.60. The van der Waals surface area contributed by atoms with Gasteiger partial charge < -0.3 is 9.84 Å². The maximum atomic E-state index is 13.5. The maximum Gasteiger partial charge on any atom is 0.423 e. The molecule has 0 aliphatic heterocycles. The summed E-state index contributed by atoms with van der Waals surface area (Å²) >= 11 is 0. The molecular formula is C26H31F3O3. The highest BCUT2D eigenvalue weighted by Crippen LogP contribution is 2.45. The van der Waals surface area contributed by atoms with E-state index in [9.17, 15) is 23.1 Å². The SMILES string of the molecule is CCCc1ccc(C2CCC(CC(=O)c3ccc(OCC)c(C(F)(F)F)c3O)CC2)cc1. The summed E-state index contributed by atoms with van der Waals surface area (Å²) < 4.78 is 45.4. The van der Waals surface area contributed by atoms with Crippen LogP contribution in [0.25, 0.3) is 0 Å². The van der Waals surface area contributed by atoms with Crippen molar-refractivity contribution in [3.05, 3.63) is 58.7 Å². The number of carbonyl (C=O) groups is 1. The van der Waals surface area contributed by atoms with Crippen LogP contribution in [-0.4, -0.2) is 17.5 Å². The van der Waals surface area contributed by atoms with Gasteiger partial charge in [0.25, 0.3) is 0 Å². The fourth-order valence-corrected chi connectivity index (χ4v) is 4.66. The number of ketones is 1. The van der Waals surface area contributed by atoms with E-state index in [0.29, 0.717) is 5.92 Å². The Balaban J connectivity index is 1.65. The van der Waals surface area contributed by atoms with Crippen LogP contribution in [0.1, 0.15) is 85.3 Å². The van der Waals surface area contributed by atoms with Crippen molar-refractivity contribution in [1.29, 1.82) is 0 Å². The molecule has 1 N–H and O–H groups in total. The van der Waals surface area contributed by atoms with E-state index in [2.05, 4.69) is 31.2 Å². The summed E-state index contributed by atoms with van der Waals surface area (Å²) in [7, 11) is 0. The van der Waals surface area contributed by atoms with Gasteiger partial charge in [0.15, 0.2) is 5.78 Å². The highest BCUT2D eigenvalue weighted by molar-refractivity contribution is 5.99. The van der Waals surface area contributed by atoms with Gasteiger partial charge in [0.2, 0.25) is 0 Å². The number of carbonyl (C=O) groups excluding carboxylic acids is 1. The number of ether oxygens (including phenoxy) is 1. The van der Waals surface area contributed by atoms with Gasteiger partial charge in [-0.2, -0.15) is 13.2 Å². The van der Waals surface area contributed by atoms with E-state index >= 15 is 0 Å². The number of hydrogen-bond donors (Lipinski definition) is 1. The number of alkyl halides is 3. The molecule has 1 aliphatic carbocycles. The van der Waals surface area contributed by atoms with Crippen LogP contribution in [0.5, 0.6) is 11.5 Å². The lowest BCUT2D eigenvalue weighted by atomic mass is 9.76. The summed E-state index contributed by atoms with van der Waals surface area (Å²) in [5.74, 6) is -1.39. The molecule has 0 spiro atoms. The molecule has 0 unspecified atom stereocenters. The number of hydrogen-bond acceptors (Lipinski definition) is 3. The predicted octanol–water partition coefficient (Wildman–Crippen LogP) is 7.31. The molecule has 0 bridgehead atoms. The lowest BCUT2D eigenvalue weighted by molar-refractivity contribution is -0.140. The van der Waals surface area contributed by atoms with Gasteiger partial charge in [-0.1, -0.05) is 37.6 Å². The quantitative estimate of drug-likeness (QED) is 0.431. The van der Waals surface area contributed by atoms with Gasteiger partial charge >= 0.3 is 6.18 Å². The molecule has 0 radical (unpaired) electrons. The Kier molecular flexibility index (Phi) is 7.86. The fourth-order valence-electron chi connectivity index (χ4n) is 4.66. The van der Waals surface area contributed by atoms with Crippen LogP contribution in [0.3, 0.4) is 0 Å². The minimum Gasteiger partial charge on any atom is -0.506 e. The molecule has 174 valence electrons. The van der Waals surface area contributed by atoms with Crippen LogP contribution >= 0.6 is 0 Å². The molecule has 1 aliphatic rings. The summed E-state index contributed by atoms with van der Waals surface area (Å²) in [5, 5.41) is 10.3. The summed E-state index contributed by atoms with van der Waals surface area (Å²) in [5.41, 5.74) is 1.09. The predicted molar refractivity (Wildman–Crippen MR) is 118 cm³/mol. The number of phenolic OH excluding ortho intramolecular Hbond substituents is 1. The second-order valence-electron chi connectivity index (χ2n) is 8.60. The molecule has 6 heteroatoms. The van der Waals surface area contributed by atoms with E-state index in [1.165, 1.54) is 17.2 Å². The first-order valence-electron chi connectivity index (χ1n) is 11.4. The molecule has 0 atom stereocenters. The van der Waals surface area contributed by atoms with E-state index < -0.39 is 29.0 Å². The topological polar surface area (TPSA) is 46.5 Å². The standard InChI is InChI=1S/C26H31F3O3/c1-3-5-17-6-10-19(11-7-17)20-12-8-18(9-13-20)16-22(30)21-14-15-23(32-4-2)24(25(21)31)26(27,28)29/h6-7,10-11,14-15,18,20,31H,3-5,8-9,12-13,16H2,1-2H3. The van der Waals surface area contributed by atoms with Crippen molar-refractivity contribution < 1.29 is 27.8 Å². The Morgan fingerprint density at radius 1 is 1.03 bits per heavy atom. The summed E-state index contributed by atoms with van der Waals surface area (Å²) in [6.07, 6.45) is 1.11. The van der Waals surface area contributed by atoms with Crippen molar-refractivity contribution in [3.8, 4) is 11.5 Å². The van der Waals surface area contributed by atoms with Gasteiger partial charge in [0.1, 0.15) is 17.1 Å². The van der Waals surface area contributed by atoms with Gasteiger partial charge in [-0.3, -0.25) is 4.79 Å². The fraction of sp³-hybridized carbons (Fsp3) is 0.500. The number of aryl methyl sites for hydroxylation is 1. The molecule has 1 fully saturated rings. The molecule has 2 aromatic rings. The Hall–Kier alpha value is -2.50. The van der Waals surface area contributed by atoms with Crippen molar-refractivity contribution >= 4 is 5.78 Å². The number of rotatable bonds is 8. The van der Waals surface area contributed by atoms with Crippen LogP contribution in [-0.2, 0) is 12.6 Å². The number of aromatic hydroxyl groups is 1. The van der Waals surface area contributed by atoms with Gasteiger partial charge in [0, 0.05) is 6.42 Å². The molecule has 0 amide bonds.